The summed E-state index contributed by atoms with van der Waals surface area (Å²) in [5.41, 5.74) is 1.72. The van der Waals surface area contributed by atoms with Crippen LogP contribution in [0.3, 0.4) is 0 Å². The number of carbonyl (C=O) groups is 1. The van der Waals surface area contributed by atoms with Crippen molar-refractivity contribution >= 4 is 58.2 Å². The van der Waals surface area contributed by atoms with Crippen LogP contribution in [0.2, 0.25) is 15.1 Å². The zero-order valence-electron chi connectivity index (χ0n) is 22.4. The first kappa shape index (κ1) is 29.2. The fourth-order valence-electron chi connectivity index (χ4n) is 4.73. The Labute approximate surface area is 254 Å². The van der Waals surface area contributed by atoms with Gasteiger partial charge >= 0.3 is 5.97 Å². The number of esters is 1. The Bertz CT molecular complexity index is 1850. The molecule has 0 fully saturated rings. The van der Waals surface area contributed by atoms with E-state index in [1.165, 1.54) is 23.0 Å². The predicted molar refractivity (Wildman–Crippen MR) is 162 cm³/mol. The number of hydrogen-bond acceptors (Lipinski definition) is 7. The van der Waals surface area contributed by atoms with Crippen molar-refractivity contribution < 1.29 is 18.7 Å². The summed E-state index contributed by atoms with van der Waals surface area (Å²) in [5.74, 6) is 0.911. The molecular weight excluding hydrogens is 607 g/mol. The summed E-state index contributed by atoms with van der Waals surface area (Å²) in [6, 6.07) is 12.9. The van der Waals surface area contributed by atoms with Crippen LogP contribution in [0.1, 0.15) is 44.1 Å². The van der Waals surface area contributed by atoms with Gasteiger partial charge in [-0.25, -0.2) is 9.79 Å². The quantitative estimate of drug-likeness (QED) is 0.200. The van der Waals surface area contributed by atoms with Gasteiger partial charge in [-0.2, -0.15) is 0 Å². The van der Waals surface area contributed by atoms with Gasteiger partial charge in [0.25, 0.3) is 5.56 Å². The molecule has 3 heterocycles. The molecule has 11 heteroatoms. The highest BCUT2D eigenvalue weighted by atomic mass is 35.5. The fraction of sp³-hybridized carbons (Fsp3) is 0.233. The summed E-state index contributed by atoms with van der Waals surface area (Å²) >= 11 is 20.0. The number of carbonyl (C=O) groups excluding carboxylic acids is 1. The summed E-state index contributed by atoms with van der Waals surface area (Å²) in [4.78, 5) is 32.6. The lowest BCUT2D eigenvalue weighted by atomic mass is 9.93. The van der Waals surface area contributed by atoms with Crippen molar-refractivity contribution in [1.29, 1.82) is 0 Å². The number of nitrogens with zero attached hydrogens (tertiary/aromatic N) is 2. The molecule has 4 aromatic rings. The number of allylic oxidation sites excluding steroid dienone is 1. The third kappa shape index (κ3) is 5.75. The van der Waals surface area contributed by atoms with Crippen molar-refractivity contribution in [2.75, 3.05) is 13.7 Å². The van der Waals surface area contributed by atoms with Gasteiger partial charge in [-0.05, 0) is 61.9 Å². The highest BCUT2D eigenvalue weighted by Crippen LogP contribution is 2.38. The first-order valence-electron chi connectivity index (χ1n) is 12.9. The molecule has 2 aromatic carbocycles. The van der Waals surface area contributed by atoms with E-state index >= 15 is 0 Å². The molecule has 41 heavy (non-hydrogen) atoms. The van der Waals surface area contributed by atoms with Gasteiger partial charge in [-0.15, -0.1) is 0 Å². The zero-order valence-corrected chi connectivity index (χ0v) is 25.5. The van der Waals surface area contributed by atoms with Gasteiger partial charge in [-0.3, -0.25) is 9.36 Å². The van der Waals surface area contributed by atoms with E-state index in [0.29, 0.717) is 64.9 Å². The number of furan rings is 1. The van der Waals surface area contributed by atoms with E-state index in [9.17, 15) is 9.59 Å². The van der Waals surface area contributed by atoms with Crippen molar-refractivity contribution in [3.05, 3.63) is 106 Å². The van der Waals surface area contributed by atoms with Crippen LogP contribution in [0.4, 0.5) is 0 Å². The Morgan fingerprint density at radius 2 is 1.85 bits per heavy atom. The van der Waals surface area contributed by atoms with Crippen LogP contribution in [-0.4, -0.2) is 24.3 Å². The molecular formula is C30H25Cl3N2O5S. The van der Waals surface area contributed by atoms with E-state index in [1.54, 1.807) is 61.5 Å². The number of rotatable bonds is 8. The average molecular weight is 632 g/mol. The molecule has 0 spiro atoms. The highest BCUT2D eigenvalue weighted by Gasteiger charge is 2.36. The van der Waals surface area contributed by atoms with Crippen LogP contribution in [0.5, 0.6) is 5.75 Å². The van der Waals surface area contributed by atoms with Crippen LogP contribution in [-0.2, 0) is 9.53 Å². The van der Waals surface area contributed by atoms with Crippen molar-refractivity contribution in [1.82, 2.24) is 4.57 Å². The van der Waals surface area contributed by atoms with Crippen molar-refractivity contribution in [3.63, 3.8) is 0 Å². The Morgan fingerprint density at radius 3 is 2.56 bits per heavy atom. The molecule has 0 unspecified atom stereocenters. The van der Waals surface area contributed by atoms with Gasteiger partial charge in [0, 0.05) is 27.2 Å². The van der Waals surface area contributed by atoms with Crippen molar-refractivity contribution in [3.8, 4) is 17.1 Å². The number of aromatic nitrogens is 1. The molecule has 7 nitrogen and oxygen atoms in total. The monoisotopic (exact) mass is 630 g/mol. The second-order valence-electron chi connectivity index (χ2n) is 9.13. The largest absolute Gasteiger partial charge is 0.496 e. The molecule has 0 radical (unpaired) electrons. The smallest absolute Gasteiger partial charge is 0.338 e. The summed E-state index contributed by atoms with van der Waals surface area (Å²) in [6.07, 6.45) is 2.90. The Balaban J connectivity index is 1.71. The van der Waals surface area contributed by atoms with Gasteiger partial charge in [0.2, 0.25) is 0 Å². The second-order valence-corrected chi connectivity index (χ2v) is 11.4. The molecule has 1 atom stereocenters. The Kier molecular flexibility index (Phi) is 8.75. The highest BCUT2D eigenvalue weighted by molar-refractivity contribution is 7.07. The van der Waals surface area contributed by atoms with Gasteiger partial charge < -0.3 is 13.9 Å². The second kappa shape index (κ2) is 12.3. The SMILES string of the molecule is CCCC1=C(C(=O)OCC)[C@H](c2cc(Cl)ccc2OC)n2c(s/c(=C/c3ccc(-c4ccc(Cl)cc4Cl)o3)c2=O)=N1. The summed E-state index contributed by atoms with van der Waals surface area (Å²) in [6.45, 7) is 3.90. The van der Waals surface area contributed by atoms with E-state index in [1.807, 2.05) is 6.92 Å². The molecule has 212 valence electrons. The molecule has 0 aliphatic carbocycles. The minimum atomic E-state index is -0.859. The molecule has 5 rings (SSSR count). The number of ether oxygens (including phenoxy) is 2. The number of methoxy groups -OCH3 is 1. The number of fused-ring (bicyclic) bond motifs is 1. The molecule has 2 aromatic heterocycles. The first-order chi connectivity index (χ1) is 19.7. The molecule has 0 amide bonds. The van der Waals surface area contributed by atoms with Crippen molar-refractivity contribution in [2.24, 2.45) is 4.99 Å². The lowest BCUT2D eigenvalue weighted by Crippen LogP contribution is -2.40. The summed E-state index contributed by atoms with van der Waals surface area (Å²) in [5, 5.41) is 1.40. The first-order valence-corrected chi connectivity index (χ1v) is 14.8. The van der Waals surface area contributed by atoms with Crippen molar-refractivity contribution in [2.45, 2.75) is 32.7 Å². The Hall–Kier alpha value is -3.30. The maximum absolute atomic E-state index is 14.0. The van der Waals surface area contributed by atoms with Crippen LogP contribution < -0.4 is 19.6 Å². The molecule has 1 aliphatic rings. The normalized spacial score (nSPS) is 15.1. The minimum Gasteiger partial charge on any atom is -0.496 e. The minimum absolute atomic E-state index is 0.171. The number of hydrogen-bond donors (Lipinski definition) is 0. The topological polar surface area (TPSA) is 83.0 Å². The molecule has 1 aliphatic heterocycles. The number of thiazole rings is 1. The number of halogens is 3. The van der Waals surface area contributed by atoms with E-state index < -0.39 is 12.0 Å². The summed E-state index contributed by atoms with van der Waals surface area (Å²) in [7, 11) is 1.53. The van der Waals surface area contributed by atoms with Crippen LogP contribution in [0, 0.1) is 0 Å². The standard InChI is InChI=1S/C30H25Cl3N2O5S/c1-4-6-22-26(29(37)39-5-2)27(20-13-16(31)8-11-23(20)38-3)35-28(36)25(41-30(35)34-22)15-18-9-12-24(40-18)19-10-7-17(32)14-21(19)33/h7-15,27H,4-6H2,1-3H3/b25-15+/t27-/m0/s1. The third-order valence-electron chi connectivity index (χ3n) is 6.48. The lowest BCUT2D eigenvalue weighted by molar-refractivity contribution is -0.139. The molecule has 0 N–H and O–H groups in total. The fourth-order valence-corrected chi connectivity index (χ4v) is 6.41. The van der Waals surface area contributed by atoms with Gasteiger partial charge in [-0.1, -0.05) is 59.5 Å². The van der Waals surface area contributed by atoms with Gasteiger partial charge in [0.05, 0.1) is 34.5 Å². The molecule has 0 saturated carbocycles. The van der Waals surface area contributed by atoms with E-state index in [-0.39, 0.29) is 17.7 Å². The van der Waals surface area contributed by atoms with E-state index in [2.05, 4.69) is 0 Å². The zero-order chi connectivity index (χ0) is 29.3. The predicted octanol–water partition coefficient (Wildman–Crippen LogP) is 6.81. The lowest BCUT2D eigenvalue weighted by Gasteiger charge is -2.27. The molecule has 0 saturated heterocycles. The van der Waals surface area contributed by atoms with Gasteiger partial charge in [0.15, 0.2) is 4.80 Å². The van der Waals surface area contributed by atoms with E-state index in [0.717, 1.165) is 6.42 Å². The summed E-state index contributed by atoms with van der Waals surface area (Å²) < 4.78 is 19.0. The van der Waals surface area contributed by atoms with Crippen LogP contribution >= 0.6 is 46.1 Å². The van der Waals surface area contributed by atoms with E-state index in [4.69, 9.17) is 53.7 Å². The maximum atomic E-state index is 14.0. The van der Waals surface area contributed by atoms with Crippen LogP contribution in [0.25, 0.3) is 17.4 Å². The number of benzene rings is 2. The van der Waals surface area contributed by atoms with Crippen LogP contribution in [0.15, 0.2) is 74.0 Å². The Morgan fingerprint density at radius 1 is 1.10 bits per heavy atom. The maximum Gasteiger partial charge on any atom is 0.338 e. The third-order valence-corrected chi connectivity index (χ3v) is 8.24. The molecule has 0 bridgehead atoms. The van der Waals surface area contributed by atoms with Gasteiger partial charge in [0.1, 0.15) is 23.3 Å². The average Bonchev–Trinajstić information content (AvgIpc) is 3.52.